The first-order valence-corrected chi connectivity index (χ1v) is 19.7. The molecule has 0 unspecified atom stereocenters. The molecule has 272 valence electrons. The highest BCUT2D eigenvalue weighted by atomic mass is 16.3. The normalized spacial score (nSPS) is 11.8. The van der Waals surface area contributed by atoms with Gasteiger partial charge in [0.05, 0.1) is 22.1 Å². The van der Waals surface area contributed by atoms with Crippen LogP contribution in [0.2, 0.25) is 0 Å². The van der Waals surface area contributed by atoms with Crippen molar-refractivity contribution in [2.24, 2.45) is 0 Å². The zero-order chi connectivity index (χ0) is 38.2. The van der Waals surface area contributed by atoms with Crippen molar-refractivity contribution in [3.8, 4) is 27.9 Å². The van der Waals surface area contributed by atoms with Crippen LogP contribution < -0.4 is 4.90 Å². The maximum absolute atomic E-state index is 6.51. The van der Waals surface area contributed by atoms with Crippen molar-refractivity contribution in [1.29, 1.82) is 0 Å². The molecule has 0 atom stereocenters. The second kappa shape index (κ2) is 12.9. The number of anilines is 3. The van der Waals surface area contributed by atoms with Gasteiger partial charge < -0.3 is 18.3 Å². The van der Waals surface area contributed by atoms with Crippen molar-refractivity contribution in [3.63, 3.8) is 0 Å². The summed E-state index contributed by atoms with van der Waals surface area (Å²) >= 11 is 0. The Hall–Kier alpha value is -7.82. The van der Waals surface area contributed by atoms with Gasteiger partial charge in [-0.15, -0.1) is 0 Å². The van der Waals surface area contributed by atoms with Crippen LogP contribution in [-0.4, -0.2) is 4.57 Å². The molecule has 0 radical (unpaired) electrons. The molecule has 4 heteroatoms. The van der Waals surface area contributed by atoms with Crippen LogP contribution in [0, 0.1) is 0 Å². The van der Waals surface area contributed by atoms with Crippen LogP contribution in [0.4, 0.5) is 17.1 Å². The first-order valence-electron chi connectivity index (χ1n) is 19.7. The van der Waals surface area contributed by atoms with E-state index in [0.717, 1.165) is 94.4 Å². The minimum atomic E-state index is 0.857. The molecule has 12 aromatic rings. The Labute approximate surface area is 334 Å². The third-order valence-corrected chi connectivity index (χ3v) is 11.6. The van der Waals surface area contributed by atoms with E-state index < -0.39 is 0 Å². The molecule has 0 N–H and O–H groups in total. The largest absolute Gasteiger partial charge is 0.456 e. The van der Waals surface area contributed by atoms with Crippen LogP contribution in [0.1, 0.15) is 0 Å². The number of hydrogen-bond donors (Lipinski definition) is 0. The van der Waals surface area contributed by atoms with Gasteiger partial charge in [0.2, 0.25) is 0 Å². The zero-order valence-electron chi connectivity index (χ0n) is 31.3. The Bertz CT molecular complexity index is 3500. The number of fused-ring (bicyclic) bond motifs is 9. The van der Waals surface area contributed by atoms with E-state index in [9.17, 15) is 0 Å². The van der Waals surface area contributed by atoms with Crippen LogP contribution in [0.25, 0.3) is 93.6 Å². The number of para-hydroxylation sites is 4. The van der Waals surface area contributed by atoms with Crippen molar-refractivity contribution in [3.05, 3.63) is 206 Å². The van der Waals surface area contributed by atoms with Crippen molar-refractivity contribution < 1.29 is 8.83 Å². The molecule has 0 aliphatic heterocycles. The van der Waals surface area contributed by atoms with Crippen molar-refractivity contribution in [2.75, 3.05) is 4.90 Å². The maximum Gasteiger partial charge on any atom is 0.143 e. The molecule has 0 bridgehead atoms. The van der Waals surface area contributed by atoms with E-state index in [1.807, 2.05) is 18.2 Å². The highest BCUT2D eigenvalue weighted by molar-refractivity contribution is 6.15. The number of nitrogens with zero attached hydrogens (tertiary/aromatic N) is 2. The van der Waals surface area contributed by atoms with Gasteiger partial charge in [0, 0.05) is 49.6 Å². The van der Waals surface area contributed by atoms with Gasteiger partial charge in [-0.3, -0.25) is 0 Å². The fourth-order valence-corrected chi connectivity index (χ4v) is 8.95. The smallest absolute Gasteiger partial charge is 0.143 e. The number of rotatable bonds is 6. The van der Waals surface area contributed by atoms with Gasteiger partial charge in [0.15, 0.2) is 0 Å². The minimum absolute atomic E-state index is 0.857. The summed E-state index contributed by atoms with van der Waals surface area (Å²) in [5.41, 5.74) is 14.6. The van der Waals surface area contributed by atoms with Crippen molar-refractivity contribution >= 4 is 82.7 Å². The van der Waals surface area contributed by atoms with E-state index in [1.165, 1.54) is 16.3 Å². The van der Waals surface area contributed by atoms with Crippen LogP contribution >= 0.6 is 0 Å². The molecule has 3 aromatic heterocycles. The quantitative estimate of drug-likeness (QED) is 0.170. The lowest BCUT2D eigenvalue weighted by Crippen LogP contribution is -2.10. The average molecular weight is 743 g/mol. The number of furan rings is 2. The molecule has 0 saturated carbocycles. The van der Waals surface area contributed by atoms with Gasteiger partial charge in [0.25, 0.3) is 0 Å². The molecular weight excluding hydrogens is 709 g/mol. The third-order valence-electron chi connectivity index (χ3n) is 11.6. The van der Waals surface area contributed by atoms with Crippen LogP contribution in [0.15, 0.2) is 215 Å². The summed E-state index contributed by atoms with van der Waals surface area (Å²) in [4.78, 5) is 2.37. The SMILES string of the molecule is c1ccc(-c2cccc3c2oc2ccc(-c4ccc(N(c5ccc6c7ccccc7n(-c7ccccc7)c6c5)c5cccc6oc7ccccc7c56)cc4)cc23)cc1. The first kappa shape index (κ1) is 32.4. The maximum atomic E-state index is 6.51. The molecule has 0 fully saturated rings. The van der Waals surface area contributed by atoms with Crippen molar-refractivity contribution in [1.82, 2.24) is 4.57 Å². The van der Waals surface area contributed by atoms with Crippen molar-refractivity contribution in [2.45, 2.75) is 0 Å². The second-order valence-electron chi connectivity index (χ2n) is 14.9. The van der Waals surface area contributed by atoms with E-state index in [4.69, 9.17) is 8.83 Å². The van der Waals surface area contributed by atoms with E-state index in [0.29, 0.717) is 0 Å². The van der Waals surface area contributed by atoms with Gasteiger partial charge in [-0.1, -0.05) is 133 Å². The molecule has 0 spiro atoms. The molecular formula is C54H34N2O2. The summed E-state index contributed by atoms with van der Waals surface area (Å²) in [5.74, 6) is 0. The molecule has 0 aliphatic carbocycles. The lowest BCUT2D eigenvalue weighted by molar-refractivity contribution is 0.669. The molecule has 9 aromatic carbocycles. The fourth-order valence-electron chi connectivity index (χ4n) is 8.95. The molecule has 0 saturated heterocycles. The lowest BCUT2D eigenvalue weighted by Gasteiger charge is -2.27. The van der Waals surface area contributed by atoms with Crippen LogP contribution in [0.5, 0.6) is 0 Å². The monoisotopic (exact) mass is 742 g/mol. The standard InChI is InChI=1S/C54H34N2O2/c1-3-13-36(14-4-1)41-19-11-20-44-46-33-37(27-32-51(46)58-54(41)44)35-25-28-39(29-26-35)55(48-22-12-24-52-53(48)45-18-8-10-23-50(45)57-52)40-30-31-43-42-17-7-9-21-47(42)56(49(43)34-40)38-15-5-2-6-16-38/h1-34H. The zero-order valence-corrected chi connectivity index (χ0v) is 31.3. The van der Waals surface area contributed by atoms with E-state index in [1.54, 1.807) is 0 Å². The number of hydrogen-bond acceptors (Lipinski definition) is 3. The Morgan fingerprint density at radius 1 is 0.362 bits per heavy atom. The average Bonchev–Trinajstić information content (AvgIpc) is 3.97. The summed E-state index contributed by atoms with van der Waals surface area (Å²) in [6.07, 6.45) is 0. The summed E-state index contributed by atoms with van der Waals surface area (Å²) in [5, 5.41) is 6.83. The summed E-state index contributed by atoms with van der Waals surface area (Å²) < 4.78 is 15.3. The fraction of sp³-hybridized carbons (Fsp3) is 0. The van der Waals surface area contributed by atoms with Gasteiger partial charge in [-0.2, -0.15) is 0 Å². The van der Waals surface area contributed by atoms with E-state index in [2.05, 4.69) is 198 Å². The molecule has 58 heavy (non-hydrogen) atoms. The van der Waals surface area contributed by atoms with Crippen LogP contribution in [0.3, 0.4) is 0 Å². The predicted molar refractivity (Wildman–Crippen MR) is 241 cm³/mol. The summed E-state index contributed by atoms with van der Waals surface area (Å²) in [7, 11) is 0. The van der Waals surface area contributed by atoms with Gasteiger partial charge in [-0.25, -0.2) is 0 Å². The molecule has 4 nitrogen and oxygen atoms in total. The number of benzene rings is 9. The Morgan fingerprint density at radius 3 is 1.88 bits per heavy atom. The lowest BCUT2D eigenvalue weighted by atomic mass is 10.00. The Kier molecular flexibility index (Phi) is 7.20. The minimum Gasteiger partial charge on any atom is -0.456 e. The summed E-state index contributed by atoms with van der Waals surface area (Å²) in [6.45, 7) is 0. The van der Waals surface area contributed by atoms with E-state index in [-0.39, 0.29) is 0 Å². The van der Waals surface area contributed by atoms with Gasteiger partial charge in [-0.05, 0) is 89.5 Å². The highest BCUT2D eigenvalue weighted by Crippen LogP contribution is 2.45. The Morgan fingerprint density at radius 2 is 1.02 bits per heavy atom. The van der Waals surface area contributed by atoms with Gasteiger partial charge >= 0.3 is 0 Å². The van der Waals surface area contributed by atoms with Crippen LogP contribution in [-0.2, 0) is 0 Å². The molecule has 0 amide bonds. The first-order chi connectivity index (χ1) is 28.8. The highest BCUT2D eigenvalue weighted by Gasteiger charge is 2.22. The molecule has 3 heterocycles. The molecule has 12 rings (SSSR count). The number of aromatic nitrogens is 1. The second-order valence-corrected chi connectivity index (χ2v) is 14.9. The molecule has 0 aliphatic rings. The van der Waals surface area contributed by atoms with E-state index >= 15 is 0 Å². The predicted octanol–water partition coefficient (Wildman–Crippen LogP) is 15.4. The third kappa shape index (κ3) is 5.02. The summed E-state index contributed by atoms with van der Waals surface area (Å²) in [6, 6.07) is 73.2. The Balaban J connectivity index is 1.03. The van der Waals surface area contributed by atoms with Gasteiger partial charge in [0.1, 0.15) is 22.3 Å². The topological polar surface area (TPSA) is 34.5 Å².